The molecule has 2 aromatic heterocycles. The molecule has 0 saturated carbocycles. The SMILES string of the molecule is Nc1nnc(CNC(=O)c2cc3c(s2)CCCC3)o1. The molecule has 0 bridgehead atoms. The minimum absolute atomic E-state index is 0.0100. The van der Waals surface area contributed by atoms with Crippen molar-refractivity contribution in [1.29, 1.82) is 0 Å². The molecule has 1 amide bonds. The molecule has 0 spiro atoms. The van der Waals surface area contributed by atoms with Gasteiger partial charge in [0.05, 0.1) is 11.4 Å². The number of anilines is 1. The van der Waals surface area contributed by atoms with Crippen LogP contribution >= 0.6 is 11.3 Å². The van der Waals surface area contributed by atoms with E-state index in [1.807, 2.05) is 6.07 Å². The Morgan fingerprint density at radius 3 is 3.00 bits per heavy atom. The standard InChI is InChI=1S/C12H14N4O2S/c13-12-16-15-10(18-12)6-14-11(17)9-5-7-3-1-2-4-8(7)19-9/h5H,1-4,6H2,(H2,13,16)(H,14,17). The third kappa shape index (κ3) is 2.60. The molecule has 6 nitrogen and oxygen atoms in total. The number of carbonyl (C=O) groups excluding carboxylic acids is 1. The van der Waals surface area contributed by atoms with E-state index in [2.05, 4.69) is 15.5 Å². The Morgan fingerprint density at radius 1 is 1.42 bits per heavy atom. The molecule has 1 aliphatic carbocycles. The summed E-state index contributed by atoms with van der Waals surface area (Å²) in [7, 11) is 0. The molecular weight excluding hydrogens is 264 g/mol. The number of nitrogens with one attached hydrogen (secondary N) is 1. The molecule has 2 aromatic rings. The van der Waals surface area contributed by atoms with Crippen molar-refractivity contribution in [3.63, 3.8) is 0 Å². The molecule has 0 fully saturated rings. The largest absolute Gasteiger partial charge is 0.406 e. The highest BCUT2D eigenvalue weighted by atomic mass is 32.1. The van der Waals surface area contributed by atoms with Gasteiger partial charge >= 0.3 is 6.01 Å². The van der Waals surface area contributed by atoms with Crippen LogP contribution in [0.15, 0.2) is 10.5 Å². The van der Waals surface area contributed by atoms with E-state index >= 15 is 0 Å². The number of fused-ring (bicyclic) bond motifs is 1. The van der Waals surface area contributed by atoms with Gasteiger partial charge in [0.15, 0.2) is 0 Å². The number of amides is 1. The van der Waals surface area contributed by atoms with E-state index < -0.39 is 0 Å². The Hall–Kier alpha value is -1.89. The highest BCUT2D eigenvalue weighted by molar-refractivity contribution is 7.14. The van der Waals surface area contributed by atoms with Crippen LogP contribution in [0.25, 0.3) is 0 Å². The van der Waals surface area contributed by atoms with Gasteiger partial charge in [-0.1, -0.05) is 5.10 Å². The summed E-state index contributed by atoms with van der Waals surface area (Å²) in [6.07, 6.45) is 4.61. The van der Waals surface area contributed by atoms with Gasteiger partial charge in [-0.2, -0.15) is 0 Å². The highest BCUT2D eigenvalue weighted by Crippen LogP contribution is 2.29. The molecule has 0 unspecified atom stereocenters. The number of aryl methyl sites for hydroxylation is 2. The summed E-state index contributed by atoms with van der Waals surface area (Å²) in [6, 6.07) is 2.01. The molecule has 0 aliphatic heterocycles. The van der Waals surface area contributed by atoms with E-state index in [1.165, 1.54) is 23.3 Å². The van der Waals surface area contributed by atoms with Crippen molar-refractivity contribution in [2.75, 3.05) is 5.73 Å². The Kier molecular flexibility index (Phi) is 3.20. The lowest BCUT2D eigenvalue weighted by atomic mass is 9.99. The zero-order valence-corrected chi connectivity index (χ0v) is 11.1. The van der Waals surface area contributed by atoms with Crippen LogP contribution < -0.4 is 11.1 Å². The first-order valence-corrected chi connectivity index (χ1v) is 7.01. The smallest absolute Gasteiger partial charge is 0.312 e. The maximum absolute atomic E-state index is 12.0. The second kappa shape index (κ2) is 5.00. The van der Waals surface area contributed by atoms with Crippen LogP contribution in [-0.2, 0) is 19.4 Å². The first kappa shape index (κ1) is 12.2. The van der Waals surface area contributed by atoms with Gasteiger partial charge in [0, 0.05) is 4.88 Å². The molecule has 3 N–H and O–H groups in total. The number of nitrogen functional groups attached to an aromatic ring is 1. The van der Waals surface area contributed by atoms with E-state index in [0.717, 1.165) is 17.7 Å². The lowest BCUT2D eigenvalue weighted by Gasteiger charge is -2.08. The summed E-state index contributed by atoms with van der Waals surface area (Å²) in [6.45, 7) is 0.200. The molecular formula is C12H14N4O2S. The topological polar surface area (TPSA) is 94.0 Å². The lowest BCUT2D eigenvalue weighted by Crippen LogP contribution is -2.21. The zero-order chi connectivity index (χ0) is 13.2. The van der Waals surface area contributed by atoms with E-state index in [-0.39, 0.29) is 18.5 Å². The van der Waals surface area contributed by atoms with Crippen LogP contribution in [0.2, 0.25) is 0 Å². The fraction of sp³-hybridized carbons (Fsp3) is 0.417. The van der Waals surface area contributed by atoms with Crippen LogP contribution in [0, 0.1) is 0 Å². The molecule has 7 heteroatoms. The second-order valence-electron chi connectivity index (χ2n) is 4.48. The predicted molar refractivity (Wildman–Crippen MR) is 70.8 cm³/mol. The minimum atomic E-state index is -0.101. The Balaban J connectivity index is 1.65. The first-order valence-electron chi connectivity index (χ1n) is 6.20. The number of hydrogen-bond donors (Lipinski definition) is 2. The molecule has 0 radical (unpaired) electrons. The molecule has 100 valence electrons. The van der Waals surface area contributed by atoms with Crippen molar-refractivity contribution in [3.8, 4) is 0 Å². The number of nitrogens with zero attached hydrogens (tertiary/aromatic N) is 2. The van der Waals surface area contributed by atoms with Gasteiger partial charge in [0.2, 0.25) is 5.89 Å². The maximum Gasteiger partial charge on any atom is 0.312 e. The van der Waals surface area contributed by atoms with Crippen LogP contribution in [0.5, 0.6) is 0 Å². The highest BCUT2D eigenvalue weighted by Gasteiger charge is 2.17. The average Bonchev–Trinajstić information content (AvgIpc) is 3.01. The third-order valence-electron chi connectivity index (χ3n) is 3.10. The summed E-state index contributed by atoms with van der Waals surface area (Å²) in [4.78, 5) is 14.1. The number of aromatic nitrogens is 2. The lowest BCUT2D eigenvalue weighted by molar-refractivity contribution is 0.0951. The van der Waals surface area contributed by atoms with E-state index in [0.29, 0.717) is 5.89 Å². The van der Waals surface area contributed by atoms with Gasteiger partial charge in [-0.3, -0.25) is 4.79 Å². The van der Waals surface area contributed by atoms with Gasteiger partial charge in [-0.15, -0.1) is 16.4 Å². The van der Waals surface area contributed by atoms with Crippen molar-refractivity contribution < 1.29 is 9.21 Å². The molecule has 0 atom stereocenters. The van der Waals surface area contributed by atoms with Crippen molar-refractivity contribution in [2.45, 2.75) is 32.2 Å². The fourth-order valence-corrected chi connectivity index (χ4v) is 3.35. The summed E-state index contributed by atoms with van der Waals surface area (Å²) >= 11 is 1.58. The van der Waals surface area contributed by atoms with Crippen molar-refractivity contribution in [3.05, 3.63) is 27.3 Å². The van der Waals surface area contributed by atoms with Crippen LogP contribution in [0.3, 0.4) is 0 Å². The molecule has 2 heterocycles. The number of thiophene rings is 1. The Morgan fingerprint density at radius 2 is 2.26 bits per heavy atom. The fourth-order valence-electron chi connectivity index (χ4n) is 2.18. The molecule has 1 aliphatic rings. The first-order chi connectivity index (χ1) is 9.22. The monoisotopic (exact) mass is 278 g/mol. The Bertz CT molecular complexity index is 581. The Labute approximate surface area is 114 Å². The van der Waals surface area contributed by atoms with Crippen LogP contribution in [0.1, 0.15) is 38.8 Å². The van der Waals surface area contributed by atoms with E-state index in [9.17, 15) is 4.79 Å². The summed E-state index contributed by atoms with van der Waals surface area (Å²) in [5, 5.41) is 9.98. The van der Waals surface area contributed by atoms with Crippen molar-refractivity contribution in [1.82, 2.24) is 15.5 Å². The maximum atomic E-state index is 12.0. The van der Waals surface area contributed by atoms with Crippen LogP contribution in [-0.4, -0.2) is 16.1 Å². The molecule has 0 aromatic carbocycles. The van der Waals surface area contributed by atoms with Crippen molar-refractivity contribution in [2.24, 2.45) is 0 Å². The molecule has 3 rings (SSSR count). The normalized spacial score (nSPS) is 14.1. The van der Waals surface area contributed by atoms with E-state index in [1.54, 1.807) is 11.3 Å². The van der Waals surface area contributed by atoms with Gasteiger partial charge in [0.1, 0.15) is 0 Å². The molecule has 0 saturated heterocycles. The third-order valence-corrected chi connectivity index (χ3v) is 4.34. The van der Waals surface area contributed by atoms with Gasteiger partial charge < -0.3 is 15.5 Å². The average molecular weight is 278 g/mol. The number of rotatable bonds is 3. The quantitative estimate of drug-likeness (QED) is 0.887. The summed E-state index contributed by atoms with van der Waals surface area (Å²) in [5.41, 5.74) is 6.63. The zero-order valence-electron chi connectivity index (χ0n) is 10.3. The number of hydrogen-bond acceptors (Lipinski definition) is 6. The van der Waals surface area contributed by atoms with Crippen molar-refractivity contribution >= 4 is 23.3 Å². The number of carbonyl (C=O) groups is 1. The summed E-state index contributed by atoms with van der Waals surface area (Å²) in [5.74, 6) is 0.211. The van der Waals surface area contributed by atoms with Crippen LogP contribution in [0.4, 0.5) is 6.01 Å². The molecule has 19 heavy (non-hydrogen) atoms. The second-order valence-corrected chi connectivity index (χ2v) is 5.62. The van der Waals surface area contributed by atoms with Gasteiger partial charge in [0.25, 0.3) is 5.91 Å². The van der Waals surface area contributed by atoms with Gasteiger partial charge in [-0.05, 0) is 37.3 Å². The predicted octanol–water partition coefficient (Wildman–Crippen LogP) is 1.52. The van der Waals surface area contributed by atoms with E-state index in [4.69, 9.17) is 10.2 Å². The number of nitrogens with two attached hydrogens (primary N) is 1. The van der Waals surface area contributed by atoms with Gasteiger partial charge in [-0.25, -0.2) is 0 Å². The summed E-state index contributed by atoms with van der Waals surface area (Å²) < 4.78 is 5.00. The minimum Gasteiger partial charge on any atom is -0.406 e.